The van der Waals surface area contributed by atoms with Crippen LogP contribution in [-0.2, 0) is 6.42 Å². The number of hydrogen-bond acceptors (Lipinski definition) is 5. The van der Waals surface area contributed by atoms with Crippen molar-refractivity contribution in [2.24, 2.45) is 0 Å². The van der Waals surface area contributed by atoms with Crippen LogP contribution in [0, 0.1) is 0 Å². The van der Waals surface area contributed by atoms with Crippen LogP contribution in [-0.4, -0.2) is 34.0 Å². The highest BCUT2D eigenvalue weighted by Gasteiger charge is 2.28. The summed E-state index contributed by atoms with van der Waals surface area (Å²) < 4.78 is 5.12. The lowest BCUT2D eigenvalue weighted by molar-refractivity contribution is 0.0705. The Morgan fingerprint density at radius 2 is 2.18 bits per heavy atom. The maximum Gasteiger partial charge on any atom is 0.272 e. The summed E-state index contributed by atoms with van der Waals surface area (Å²) in [7, 11) is 0. The largest absolute Gasteiger partial charge is 0.367 e. The highest BCUT2D eigenvalue weighted by atomic mass is 16.5. The van der Waals surface area contributed by atoms with Crippen LogP contribution in [0.3, 0.4) is 0 Å². The molecule has 0 atom stereocenters. The topological polar surface area (TPSA) is 85.2 Å². The van der Waals surface area contributed by atoms with Crippen molar-refractivity contribution >= 4 is 11.8 Å². The molecule has 0 saturated carbocycles. The quantitative estimate of drug-likeness (QED) is 0.939. The smallest absolute Gasteiger partial charge is 0.272 e. The van der Waals surface area contributed by atoms with Crippen LogP contribution < -0.4 is 5.73 Å². The molecule has 1 aliphatic heterocycles. The molecular formula is C16H20N4O2. The van der Waals surface area contributed by atoms with Gasteiger partial charge in [0, 0.05) is 30.8 Å². The lowest BCUT2D eigenvalue weighted by Crippen LogP contribution is -2.38. The molecule has 22 heavy (non-hydrogen) atoms. The van der Waals surface area contributed by atoms with Crippen molar-refractivity contribution in [2.75, 3.05) is 18.8 Å². The Kier molecular flexibility index (Phi) is 4.09. The van der Waals surface area contributed by atoms with Crippen LogP contribution in [0.15, 0.2) is 28.9 Å². The lowest BCUT2D eigenvalue weighted by atomic mass is 9.90. The summed E-state index contributed by atoms with van der Waals surface area (Å²) in [6.45, 7) is 3.46. The van der Waals surface area contributed by atoms with Crippen molar-refractivity contribution in [2.45, 2.75) is 32.1 Å². The molecule has 1 saturated heterocycles. The molecule has 6 heteroatoms. The Bertz CT molecular complexity index is 645. The van der Waals surface area contributed by atoms with Crippen LogP contribution in [0.5, 0.6) is 0 Å². The van der Waals surface area contributed by atoms with Gasteiger partial charge in [-0.3, -0.25) is 9.78 Å². The second kappa shape index (κ2) is 6.17. The van der Waals surface area contributed by atoms with Gasteiger partial charge >= 0.3 is 0 Å². The van der Waals surface area contributed by atoms with Gasteiger partial charge < -0.3 is 15.2 Å². The third-order valence-corrected chi connectivity index (χ3v) is 4.26. The lowest BCUT2D eigenvalue weighted by Gasteiger charge is -2.31. The predicted octanol–water partition coefficient (Wildman–Crippen LogP) is 2.23. The normalized spacial score (nSPS) is 16.0. The first kappa shape index (κ1) is 14.6. The van der Waals surface area contributed by atoms with Crippen LogP contribution in [0.25, 0.3) is 0 Å². The predicted molar refractivity (Wildman–Crippen MR) is 82.4 cm³/mol. The van der Waals surface area contributed by atoms with Crippen LogP contribution >= 0.6 is 0 Å². The molecule has 3 heterocycles. The minimum absolute atomic E-state index is 0.00516. The van der Waals surface area contributed by atoms with Crippen molar-refractivity contribution in [3.63, 3.8) is 0 Å². The van der Waals surface area contributed by atoms with Crippen molar-refractivity contribution in [3.05, 3.63) is 41.3 Å². The first-order valence-electron chi connectivity index (χ1n) is 7.65. The molecule has 0 radical (unpaired) electrons. The first-order chi connectivity index (χ1) is 10.7. The van der Waals surface area contributed by atoms with E-state index in [0.29, 0.717) is 30.6 Å². The van der Waals surface area contributed by atoms with Crippen molar-refractivity contribution in [1.29, 1.82) is 0 Å². The molecule has 1 aliphatic rings. The van der Waals surface area contributed by atoms with Crippen LogP contribution in [0.4, 0.5) is 5.88 Å². The Morgan fingerprint density at radius 3 is 2.82 bits per heavy atom. The van der Waals surface area contributed by atoms with E-state index in [4.69, 9.17) is 10.3 Å². The molecule has 2 aromatic rings. The standard InChI is InChI=1S/C16H20N4O2/c1-2-12-14(19-22-15(12)17)11-6-9-20(10-7-11)16(21)13-5-3-4-8-18-13/h3-5,8,11H,2,6-7,9-10,17H2,1H3. The number of piperidine rings is 1. The number of amides is 1. The average molecular weight is 300 g/mol. The summed E-state index contributed by atoms with van der Waals surface area (Å²) in [6.07, 6.45) is 4.21. The summed E-state index contributed by atoms with van der Waals surface area (Å²) in [5.41, 5.74) is 8.28. The van der Waals surface area contributed by atoms with Gasteiger partial charge in [0.25, 0.3) is 5.91 Å². The molecule has 2 aromatic heterocycles. The molecule has 1 amide bonds. The summed E-state index contributed by atoms with van der Waals surface area (Å²) >= 11 is 0. The monoisotopic (exact) mass is 300 g/mol. The second-order valence-electron chi connectivity index (χ2n) is 5.55. The number of nitrogens with zero attached hydrogens (tertiary/aromatic N) is 3. The molecule has 0 unspecified atom stereocenters. The molecule has 0 bridgehead atoms. The van der Waals surface area contributed by atoms with E-state index in [1.54, 1.807) is 12.3 Å². The molecule has 3 rings (SSSR count). The second-order valence-corrected chi connectivity index (χ2v) is 5.55. The molecular weight excluding hydrogens is 280 g/mol. The van der Waals surface area contributed by atoms with Gasteiger partial charge in [0.15, 0.2) is 0 Å². The van der Waals surface area contributed by atoms with E-state index < -0.39 is 0 Å². The molecule has 2 N–H and O–H groups in total. The number of carbonyl (C=O) groups is 1. The van der Waals surface area contributed by atoms with E-state index in [2.05, 4.69) is 10.1 Å². The fourth-order valence-corrected chi connectivity index (χ4v) is 3.02. The number of rotatable bonds is 3. The van der Waals surface area contributed by atoms with E-state index in [-0.39, 0.29) is 5.91 Å². The minimum Gasteiger partial charge on any atom is -0.367 e. The van der Waals surface area contributed by atoms with Gasteiger partial charge in [0.05, 0.1) is 5.69 Å². The molecule has 0 spiro atoms. The molecule has 6 nitrogen and oxygen atoms in total. The molecule has 0 aliphatic carbocycles. The van der Waals surface area contributed by atoms with Gasteiger partial charge in [-0.05, 0) is 31.4 Å². The van der Waals surface area contributed by atoms with E-state index in [1.165, 1.54) is 0 Å². The fourth-order valence-electron chi connectivity index (χ4n) is 3.02. The van der Waals surface area contributed by atoms with Gasteiger partial charge in [-0.15, -0.1) is 0 Å². The van der Waals surface area contributed by atoms with Crippen molar-refractivity contribution in [3.8, 4) is 0 Å². The zero-order valence-corrected chi connectivity index (χ0v) is 12.7. The van der Waals surface area contributed by atoms with Crippen molar-refractivity contribution in [1.82, 2.24) is 15.0 Å². The molecule has 1 fully saturated rings. The summed E-state index contributed by atoms with van der Waals surface area (Å²) in [4.78, 5) is 18.4. The number of likely N-dealkylation sites (tertiary alicyclic amines) is 1. The SMILES string of the molecule is CCc1c(C2CCN(C(=O)c3ccccn3)CC2)noc1N. The number of nitrogens with two attached hydrogens (primary N) is 1. The van der Waals surface area contributed by atoms with E-state index in [1.807, 2.05) is 24.0 Å². The zero-order valence-electron chi connectivity index (χ0n) is 12.7. The van der Waals surface area contributed by atoms with Crippen molar-refractivity contribution < 1.29 is 9.32 Å². The highest BCUT2D eigenvalue weighted by molar-refractivity contribution is 5.92. The van der Waals surface area contributed by atoms with Crippen LogP contribution in [0.2, 0.25) is 0 Å². The summed E-state index contributed by atoms with van der Waals surface area (Å²) in [5.74, 6) is 0.725. The Labute approximate surface area is 129 Å². The fraction of sp³-hybridized carbons (Fsp3) is 0.438. The van der Waals surface area contributed by atoms with Gasteiger partial charge in [-0.25, -0.2) is 0 Å². The summed E-state index contributed by atoms with van der Waals surface area (Å²) in [5, 5.41) is 4.12. The Hall–Kier alpha value is -2.37. The number of carbonyl (C=O) groups excluding carboxylic acids is 1. The van der Waals surface area contributed by atoms with Gasteiger partial charge in [-0.2, -0.15) is 0 Å². The zero-order chi connectivity index (χ0) is 15.5. The van der Waals surface area contributed by atoms with Gasteiger partial charge in [-0.1, -0.05) is 18.1 Å². The van der Waals surface area contributed by atoms with Crippen LogP contribution in [0.1, 0.15) is 47.4 Å². The minimum atomic E-state index is -0.00516. The van der Waals surface area contributed by atoms with Gasteiger partial charge in [0.2, 0.25) is 5.88 Å². The highest BCUT2D eigenvalue weighted by Crippen LogP contribution is 2.32. The first-order valence-corrected chi connectivity index (χ1v) is 7.65. The number of pyridine rings is 1. The maximum absolute atomic E-state index is 12.4. The number of hydrogen-bond donors (Lipinski definition) is 1. The molecule has 0 aromatic carbocycles. The molecule has 116 valence electrons. The average Bonchev–Trinajstić information content (AvgIpc) is 2.96. The number of nitrogen functional groups attached to an aromatic ring is 1. The maximum atomic E-state index is 12.4. The third kappa shape index (κ3) is 2.68. The summed E-state index contributed by atoms with van der Waals surface area (Å²) in [6, 6.07) is 5.39. The third-order valence-electron chi connectivity index (χ3n) is 4.26. The van der Waals surface area contributed by atoms with E-state index in [0.717, 1.165) is 30.5 Å². The van der Waals surface area contributed by atoms with E-state index >= 15 is 0 Å². The number of aromatic nitrogens is 2. The Morgan fingerprint density at radius 1 is 1.41 bits per heavy atom. The van der Waals surface area contributed by atoms with E-state index in [9.17, 15) is 4.79 Å². The van der Waals surface area contributed by atoms with Gasteiger partial charge in [0.1, 0.15) is 5.69 Å². The Balaban J connectivity index is 1.66. The number of anilines is 1.